The van der Waals surface area contributed by atoms with Gasteiger partial charge < -0.3 is 5.32 Å². The molecule has 0 spiro atoms. The zero-order chi connectivity index (χ0) is 17.9. The Labute approximate surface area is 142 Å². The lowest BCUT2D eigenvalue weighted by atomic mass is 10.1. The summed E-state index contributed by atoms with van der Waals surface area (Å²) in [4.78, 5) is 28.5. The molecule has 0 bridgehead atoms. The van der Waals surface area contributed by atoms with E-state index in [4.69, 9.17) is 0 Å². The highest BCUT2D eigenvalue weighted by Gasteiger charge is 2.19. The monoisotopic (exact) mass is 328 g/mol. The number of aryl methyl sites for hydroxylation is 2. The normalized spacial score (nSPS) is 12.0. The van der Waals surface area contributed by atoms with Gasteiger partial charge in [-0.15, -0.1) is 0 Å². The topological polar surface area (TPSA) is 76.9 Å². The maximum atomic E-state index is 12.4. The number of carbonyl (C=O) groups excluding carboxylic acids is 2. The van der Waals surface area contributed by atoms with Gasteiger partial charge in [0.2, 0.25) is 5.91 Å². The van der Waals surface area contributed by atoms with Crippen LogP contribution >= 0.6 is 0 Å². The zero-order valence-corrected chi connectivity index (χ0v) is 14.9. The van der Waals surface area contributed by atoms with Crippen molar-refractivity contribution >= 4 is 11.7 Å². The van der Waals surface area contributed by atoms with E-state index in [0.717, 1.165) is 23.5 Å². The average Bonchev–Trinajstić information content (AvgIpc) is 2.78. The highest BCUT2D eigenvalue weighted by atomic mass is 16.2. The van der Waals surface area contributed by atoms with E-state index in [9.17, 15) is 9.59 Å². The van der Waals surface area contributed by atoms with Crippen molar-refractivity contribution in [3.05, 3.63) is 46.5 Å². The third-order valence-electron chi connectivity index (χ3n) is 4.04. The molecule has 1 amide bonds. The molecule has 0 aliphatic heterocycles. The van der Waals surface area contributed by atoms with Gasteiger partial charge in [-0.3, -0.25) is 19.3 Å². The number of aromatic nitrogens is 3. The number of carbonyl (C=O) groups is 2. The number of amides is 1. The first kappa shape index (κ1) is 17.8. The van der Waals surface area contributed by atoms with Crippen LogP contribution < -0.4 is 5.32 Å². The van der Waals surface area contributed by atoms with E-state index in [-0.39, 0.29) is 24.3 Å². The van der Waals surface area contributed by atoms with Crippen molar-refractivity contribution < 1.29 is 9.59 Å². The summed E-state index contributed by atoms with van der Waals surface area (Å²) in [7, 11) is 0. The van der Waals surface area contributed by atoms with Crippen LogP contribution in [0.1, 0.15) is 59.4 Å². The molecule has 6 nitrogen and oxygen atoms in total. The van der Waals surface area contributed by atoms with Crippen LogP contribution in [0.3, 0.4) is 0 Å². The van der Waals surface area contributed by atoms with E-state index in [1.165, 1.54) is 6.92 Å². The van der Waals surface area contributed by atoms with Crippen LogP contribution in [0.4, 0.5) is 0 Å². The smallest absolute Gasteiger partial charge is 0.242 e. The lowest BCUT2D eigenvalue weighted by Crippen LogP contribution is -2.32. The molecule has 2 aromatic rings. The van der Waals surface area contributed by atoms with Gasteiger partial charge in [0.25, 0.3) is 0 Å². The Bertz CT molecular complexity index is 764. The molecule has 0 saturated carbocycles. The summed E-state index contributed by atoms with van der Waals surface area (Å²) in [6.45, 7) is 9.12. The Hall–Kier alpha value is -2.50. The number of ketones is 1. The fraction of sp³-hybridized carbons (Fsp3) is 0.444. The molecule has 0 fully saturated rings. The predicted molar refractivity (Wildman–Crippen MR) is 91.9 cm³/mol. The molecule has 2 rings (SSSR count). The van der Waals surface area contributed by atoms with Crippen molar-refractivity contribution in [2.75, 3.05) is 0 Å². The molecule has 2 heterocycles. The van der Waals surface area contributed by atoms with Crippen LogP contribution in [0.25, 0.3) is 0 Å². The summed E-state index contributed by atoms with van der Waals surface area (Å²) in [5, 5.41) is 7.31. The van der Waals surface area contributed by atoms with Crippen molar-refractivity contribution in [1.82, 2.24) is 20.1 Å². The molecule has 1 atom stereocenters. The molecule has 0 aliphatic carbocycles. The summed E-state index contributed by atoms with van der Waals surface area (Å²) in [5.74, 6) is -0.182. The molecule has 0 aliphatic rings. The number of pyridine rings is 1. The van der Waals surface area contributed by atoms with Gasteiger partial charge >= 0.3 is 0 Å². The number of nitrogens with zero attached hydrogens (tertiary/aromatic N) is 3. The van der Waals surface area contributed by atoms with Crippen LogP contribution in [-0.4, -0.2) is 26.5 Å². The van der Waals surface area contributed by atoms with Crippen LogP contribution in [0.2, 0.25) is 0 Å². The van der Waals surface area contributed by atoms with Crippen molar-refractivity contribution in [1.29, 1.82) is 0 Å². The first-order valence-electron chi connectivity index (χ1n) is 8.11. The van der Waals surface area contributed by atoms with E-state index in [2.05, 4.69) is 15.4 Å². The first-order chi connectivity index (χ1) is 11.3. The highest BCUT2D eigenvalue weighted by molar-refractivity contribution is 5.96. The number of hydrogen-bond donors (Lipinski definition) is 1. The van der Waals surface area contributed by atoms with Crippen LogP contribution in [0, 0.1) is 20.8 Å². The molecule has 6 heteroatoms. The fourth-order valence-corrected chi connectivity index (χ4v) is 2.88. The Morgan fingerprint density at radius 2 is 1.96 bits per heavy atom. The predicted octanol–water partition coefficient (Wildman–Crippen LogP) is 2.67. The Kier molecular flexibility index (Phi) is 5.49. The Balaban J connectivity index is 2.13. The van der Waals surface area contributed by atoms with Crippen molar-refractivity contribution in [3.8, 4) is 0 Å². The van der Waals surface area contributed by atoms with Crippen molar-refractivity contribution in [2.45, 2.75) is 53.6 Å². The summed E-state index contributed by atoms with van der Waals surface area (Å²) >= 11 is 0. The second-order valence-electron chi connectivity index (χ2n) is 5.99. The average molecular weight is 328 g/mol. The molecule has 24 heavy (non-hydrogen) atoms. The molecule has 0 unspecified atom stereocenters. The second kappa shape index (κ2) is 7.38. The van der Waals surface area contributed by atoms with Crippen LogP contribution in [0.5, 0.6) is 0 Å². The molecular weight excluding hydrogens is 304 g/mol. The van der Waals surface area contributed by atoms with E-state index in [1.807, 2.05) is 39.0 Å². The van der Waals surface area contributed by atoms with E-state index >= 15 is 0 Å². The van der Waals surface area contributed by atoms with Crippen molar-refractivity contribution in [2.24, 2.45) is 0 Å². The Morgan fingerprint density at radius 3 is 2.50 bits per heavy atom. The van der Waals surface area contributed by atoms with Gasteiger partial charge in [-0.1, -0.05) is 13.0 Å². The molecule has 1 N–H and O–H groups in total. The number of nitrogens with one attached hydrogen (secondary N) is 1. The molecule has 0 saturated heterocycles. The third-order valence-corrected chi connectivity index (χ3v) is 4.04. The lowest BCUT2D eigenvalue weighted by Gasteiger charge is -2.17. The molecule has 128 valence electrons. The summed E-state index contributed by atoms with van der Waals surface area (Å²) in [5.41, 5.74) is 3.74. The Morgan fingerprint density at radius 1 is 1.25 bits per heavy atom. The maximum Gasteiger partial charge on any atom is 0.242 e. The molecule has 0 aromatic carbocycles. The van der Waals surface area contributed by atoms with Gasteiger partial charge in [0.15, 0.2) is 5.78 Å². The van der Waals surface area contributed by atoms with Crippen LogP contribution in [-0.2, 0) is 11.3 Å². The summed E-state index contributed by atoms with van der Waals surface area (Å²) in [6, 6.07) is 5.64. The third kappa shape index (κ3) is 3.88. The lowest BCUT2D eigenvalue weighted by molar-refractivity contribution is -0.122. The van der Waals surface area contributed by atoms with E-state index in [0.29, 0.717) is 11.3 Å². The quantitative estimate of drug-likeness (QED) is 0.827. The summed E-state index contributed by atoms with van der Waals surface area (Å²) < 4.78 is 1.58. The van der Waals surface area contributed by atoms with Gasteiger partial charge in [-0.2, -0.15) is 5.10 Å². The minimum absolute atomic E-state index is 0.0351. The minimum atomic E-state index is -0.147. The number of Topliss-reactive ketones (excluding diaryl/α,β-unsaturated/α-hetero) is 1. The van der Waals surface area contributed by atoms with Crippen molar-refractivity contribution in [3.63, 3.8) is 0 Å². The van der Waals surface area contributed by atoms with Gasteiger partial charge in [0.05, 0.1) is 23.0 Å². The van der Waals surface area contributed by atoms with Gasteiger partial charge in [0.1, 0.15) is 6.54 Å². The van der Waals surface area contributed by atoms with E-state index < -0.39 is 0 Å². The number of hydrogen-bond acceptors (Lipinski definition) is 4. The van der Waals surface area contributed by atoms with Gasteiger partial charge in [0, 0.05) is 11.4 Å². The van der Waals surface area contributed by atoms with Crippen LogP contribution in [0.15, 0.2) is 18.2 Å². The standard InChI is InChI=1S/C18H24N4O2/c1-6-15(16-9-7-8-11(2)19-16)20-17(24)10-22-13(4)18(14(5)23)12(3)21-22/h7-9,15H,6,10H2,1-5H3,(H,20,24)/t15-/m0/s1. The molecule has 0 radical (unpaired) electrons. The first-order valence-corrected chi connectivity index (χ1v) is 8.11. The fourth-order valence-electron chi connectivity index (χ4n) is 2.88. The number of rotatable bonds is 6. The highest BCUT2D eigenvalue weighted by Crippen LogP contribution is 2.16. The SMILES string of the molecule is CC[C@H](NC(=O)Cn1nc(C)c(C(C)=O)c1C)c1cccc(C)n1. The molecule has 2 aromatic heterocycles. The van der Waals surface area contributed by atoms with Gasteiger partial charge in [-0.05, 0) is 46.2 Å². The van der Waals surface area contributed by atoms with E-state index in [1.54, 1.807) is 11.6 Å². The maximum absolute atomic E-state index is 12.4. The van der Waals surface area contributed by atoms with Gasteiger partial charge in [-0.25, -0.2) is 0 Å². The minimum Gasteiger partial charge on any atom is -0.346 e. The molecular formula is C18H24N4O2. The largest absolute Gasteiger partial charge is 0.346 e. The second-order valence-corrected chi connectivity index (χ2v) is 5.99. The zero-order valence-electron chi connectivity index (χ0n) is 14.9. The summed E-state index contributed by atoms with van der Waals surface area (Å²) in [6.07, 6.45) is 0.748.